The van der Waals surface area contributed by atoms with E-state index in [1.165, 1.54) is 0 Å². The Morgan fingerprint density at radius 2 is 1.94 bits per heavy atom. The van der Waals surface area contributed by atoms with E-state index in [9.17, 15) is 22.0 Å². The van der Waals surface area contributed by atoms with Gasteiger partial charge in [0.15, 0.2) is 15.6 Å². The van der Waals surface area contributed by atoms with Crippen molar-refractivity contribution in [2.75, 3.05) is 5.75 Å². The first-order valence-electron chi connectivity index (χ1n) is 5.10. The highest BCUT2D eigenvalue weighted by Crippen LogP contribution is 2.31. The van der Waals surface area contributed by atoms with Gasteiger partial charge in [-0.15, -0.1) is 0 Å². The average Bonchev–Trinajstić information content (AvgIpc) is 2.98. The van der Waals surface area contributed by atoms with Crippen LogP contribution >= 0.6 is 0 Å². The van der Waals surface area contributed by atoms with Gasteiger partial charge in [-0.1, -0.05) is 0 Å². The van der Waals surface area contributed by atoms with Crippen LogP contribution in [0.5, 0.6) is 0 Å². The Kier molecular flexibility index (Phi) is 2.99. The molecule has 0 unspecified atom stereocenters. The quantitative estimate of drug-likeness (QED) is 0.774. The minimum Gasteiger partial charge on any atom is -0.298 e. The van der Waals surface area contributed by atoms with Crippen LogP contribution in [-0.4, -0.2) is 20.0 Å². The van der Waals surface area contributed by atoms with Crippen LogP contribution in [0, 0.1) is 17.6 Å². The number of halogens is 2. The molecule has 0 heterocycles. The SMILES string of the molecule is O=C(CS(=O)(=O)c1ccc(F)cc1F)C1CC1. The van der Waals surface area contributed by atoms with Gasteiger partial charge in [0.1, 0.15) is 22.3 Å². The number of benzene rings is 1. The molecule has 6 heteroatoms. The first kappa shape index (κ1) is 12.2. The molecule has 0 aliphatic heterocycles. The number of rotatable bonds is 4. The Labute approximate surface area is 97.4 Å². The molecular weight excluding hydrogens is 250 g/mol. The predicted molar refractivity (Wildman–Crippen MR) is 56.1 cm³/mol. The lowest BCUT2D eigenvalue weighted by atomic mass is 10.3. The van der Waals surface area contributed by atoms with Crippen LogP contribution in [0.25, 0.3) is 0 Å². The summed E-state index contributed by atoms with van der Waals surface area (Å²) < 4.78 is 49.4. The fourth-order valence-electron chi connectivity index (χ4n) is 1.52. The molecule has 1 aliphatic carbocycles. The molecular formula is C11H10F2O3S. The number of hydrogen-bond acceptors (Lipinski definition) is 3. The van der Waals surface area contributed by atoms with Gasteiger partial charge in [0.05, 0.1) is 0 Å². The van der Waals surface area contributed by atoms with Crippen molar-refractivity contribution >= 4 is 15.6 Å². The van der Waals surface area contributed by atoms with Crippen LogP contribution < -0.4 is 0 Å². The summed E-state index contributed by atoms with van der Waals surface area (Å²) in [4.78, 5) is 10.8. The molecule has 2 rings (SSSR count). The minimum atomic E-state index is -4.00. The van der Waals surface area contributed by atoms with Crippen LogP contribution in [0.2, 0.25) is 0 Å². The molecule has 1 aromatic carbocycles. The normalized spacial score (nSPS) is 15.9. The number of hydrogen-bond donors (Lipinski definition) is 0. The molecule has 1 fully saturated rings. The summed E-state index contributed by atoms with van der Waals surface area (Å²) in [6.07, 6.45) is 1.39. The molecule has 0 aromatic heterocycles. The standard InChI is InChI=1S/C11H10F2O3S/c12-8-3-4-11(9(13)5-8)17(15,16)6-10(14)7-1-2-7/h3-5,7H,1-2,6H2. The van der Waals surface area contributed by atoms with Crippen molar-refractivity contribution in [2.24, 2.45) is 5.92 Å². The second kappa shape index (κ2) is 4.18. The van der Waals surface area contributed by atoms with Gasteiger partial charge < -0.3 is 0 Å². The Morgan fingerprint density at radius 3 is 2.47 bits per heavy atom. The second-order valence-corrected chi connectivity index (χ2v) is 6.03. The number of carbonyl (C=O) groups is 1. The lowest BCUT2D eigenvalue weighted by molar-refractivity contribution is -0.117. The van der Waals surface area contributed by atoms with Gasteiger partial charge in [-0.2, -0.15) is 0 Å². The predicted octanol–water partition coefficient (Wildman–Crippen LogP) is 1.72. The molecule has 17 heavy (non-hydrogen) atoms. The number of ketones is 1. The van der Waals surface area contributed by atoms with Gasteiger partial charge in [-0.3, -0.25) is 4.79 Å². The molecule has 0 spiro atoms. The molecule has 0 saturated heterocycles. The third-order valence-corrected chi connectivity index (χ3v) is 4.26. The Morgan fingerprint density at radius 1 is 1.29 bits per heavy atom. The van der Waals surface area contributed by atoms with E-state index in [0.29, 0.717) is 18.9 Å². The van der Waals surface area contributed by atoms with Crippen LogP contribution in [0.4, 0.5) is 8.78 Å². The van der Waals surface area contributed by atoms with E-state index in [1.807, 2.05) is 0 Å². The molecule has 1 aromatic rings. The Balaban J connectivity index is 2.27. The van der Waals surface area contributed by atoms with E-state index < -0.39 is 37.9 Å². The maximum atomic E-state index is 13.3. The molecule has 0 bridgehead atoms. The van der Waals surface area contributed by atoms with E-state index in [1.54, 1.807) is 0 Å². The largest absolute Gasteiger partial charge is 0.298 e. The van der Waals surface area contributed by atoms with E-state index in [0.717, 1.165) is 12.1 Å². The lowest BCUT2D eigenvalue weighted by Crippen LogP contribution is -2.18. The van der Waals surface area contributed by atoms with Crippen LogP contribution in [0.1, 0.15) is 12.8 Å². The van der Waals surface area contributed by atoms with Gasteiger partial charge in [0.2, 0.25) is 0 Å². The first-order chi connectivity index (χ1) is 7.90. The summed E-state index contributed by atoms with van der Waals surface area (Å²) in [5.41, 5.74) is 0. The molecule has 0 amide bonds. The molecule has 92 valence electrons. The fourth-order valence-corrected chi connectivity index (χ4v) is 2.91. The Bertz CT molecular complexity index is 562. The van der Waals surface area contributed by atoms with E-state index in [2.05, 4.69) is 0 Å². The topological polar surface area (TPSA) is 51.2 Å². The summed E-state index contributed by atoms with van der Waals surface area (Å²) in [5, 5.41) is 0. The van der Waals surface area contributed by atoms with Gasteiger partial charge >= 0.3 is 0 Å². The molecule has 0 N–H and O–H groups in total. The zero-order chi connectivity index (χ0) is 12.6. The van der Waals surface area contributed by atoms with E-state index in [-0.39, 0.29) is 5.92 Å². The summed E-state index contributed by atoms with van der Waals surface area (Å²) in [7, 11) is -4.00. The zero-order valence-corrected chi connectivity index (χ0v) is 9.64. The smallest absolute Gasteiger partial charge is 0.188 e. The van der Waals surface area contributed by atoms with Crippen LogP contribution in [0.3, 0.4) is 0 Å². The van der Waals surface area contributed by atoms with Gasteiger partial charge in [0, 0.05) is 12.0 Å². The average molecular weight is 260 g/mol. The highest BCUT2D eigenvalue weighted by Gasteiger charge is 2.33. The maximum Gasteiger partial charge on any atom is 0.188 e. The summed E-state index contributed by atoms with van der Waals surface area (Å²) >= 11 is 0. The van der Waals surface area contributed by atoms with Crippen LogP contribution in [-0.2, 0) is 14.6 Å². The Hall–Kier alpha value is -1.30. The van der Waals surface area contributed by atoms with Crippen molar-refractivity contribution in [1.82, 2.24) is 0 Å². The van der Waals surface area contributed by atoms with Gasteiger partial charge in [-0.25, -0.2) is 17.2 Å². The summed E-state index contributed by atoms with van der Waals surface area (Å²) in [6.45, 7) is 0. The second-order valence-electron chi connectivity index (χ2n) is 4.07. The molecule has 0 radical (unpaired) electrons. The van der Waals surface area contributed by atoms with Crippen LogP contribution in [0.15, 0.2) is 23.1 Å². The summed E-state index contributed by atoms with van der Waals surface area (Å²) in [5.74, 6) is -3.31. The van der Waals surface area contributed by atoms with Gasteiger partial charge in [-0.05, 0) is 25.0 Å². The third kappa shape index (κ3) is 2.69. The van der Waals surface area contributed by atoms with Crippen molar-refractivity contribution in [3.05, 3.63) is 29.8 Å². The first-order valence-corrected chi connectivity index (χ1v) is 6.76. The summed E-state index contributed by atoms with van der Waals surface area (Å²) in [6, 6.07) is 2.20. The van der Waals surface area contributed by atoms with E-state index >= 15 is 0 Å². The lowest BCUT2D eigenvalue weighted by Gasteiger charge is -2.04. The molecule has 1 saturated carbocycles. The third-order valence-electron chi connectivity index (χ3n) is 2.59. The number of carbonyl (C=O) groups excluding carboxylic acids is 1. The van der Waals surface area contributed by atoms with Crippen molar-refractivity contribution < 1.29 is 22.0 Å². The minimum absolute atomic E-state index is 0.201. The maximum absolute atomic E-state index is 13.3. The van der Waals surface area contributed by atoms with Gasteiger partial charge in [0.25, 0.3) is 0 Å². The monoisotopic (exact) mass is 260 g/mol. The number of Topliss-reactive ketones (excluding diaryl/α,β-unsaturated/α-hetero) is 1. The zero-order valence-electron chi connectivity index (χ0n) is 8.82. The molecule has 1 aliphatic rings. The van der Waals surface area contributed by atoms with Crippen molar-refractivity contribution in [2.45, 2.75) is 17.7 Å². The molecule has 0 atom stereocenters. The molecule has 3 nitrogen and oxygen atoms in total. The van der Waals surface area contributed by atoms with Crippen molar-refractivity contribution in [3.8, 4) is 0 Å². The fraction of sp³-hybridized carbons (Fsp3) is 0.364. The number of sulfone groups is 1. The highest BCUT2D eigenvalue weighted by atomic mass is 32.2. The van der Waals surface area contributed by atoms with E-state index in [4.69, 9.17) is 0 Å². The highest BCUT2D eigenvalue weighted by molar-refractivity contribution is 7.92. The van der Waals surface area contributed by atoms with Crippen molar-refractivity contribution in [1.29, 1.82) is 0 Å². The van der Waals surface area contributed by atoms with Crippen molar-refractivity contribution in [3.63, 3.8) is 0 Å².